The Balaban J connectivity index is 1.60. The fraction of sp³-hybridized carbons (Fsp3) is 0.192. The summed E-state index contributed by atoms with van der Waals surface area (Å²) >= 11 is 5.28. The molecular weight excluding hydrogens is 434 g/mol. The summed E-state index contributed by atoms with van der Waals surface area (Å²) in [7, 11) is 0. The van der Waals surface area contributed by atoms with Gasteiger partial charge in [0.25, 0.3) is 11.8 Å². The zero-order chi connectivity index (χ0) is 23.8. The van der Waals surface area contributed by atoms with Crippen molar-refractivity contribution in [3.05, 3.63) is 95.6 Å². The highest BCUT2D eigenvalue weighted by atomic mass is 32.1. The average Bonchev–Trinajstić information content (AvgIpc) is 2.79. The van der Waals surface area contributed by atoms with E-state index in [2.05, 4.69) is 16.0 Å². The number of hydrogen-bond acceptors (Lipinski definition) is 4. The molecule has 0 aromatic heterocycles. The van der Waals surface area contributed by atoms with E-state index in [0.29, 0.717) is 22.6 Å². The van der Waals surface area contributed by atoms with Crippen LogP contribution in [0.3, 0.4) is 0 Å². The van der Waals surface area contributed by atoms with E-state index < -0.39 is 0 Å². The maximum atomic E-state index is 12.7. The van der Waals surface area contributed by atoms with Crippen LogP contribution in [0.2, 0.25) is 0 Å². The molecule has 0 saturated heterocycles. The standard InChI is InChI=1S/C26H27N3O3S/c1-17(2)32-23-14-8-12-21(16-23)25(31)29-26(33)28-22-13-7-11-20(15-22)24(30)27-18(3)19-9-5-4-6-10-19/h4-18H,1-3H3,(H,27,30)(H2,28,29,31,33). The summed E-state index contributed by atoms with van der Waals surface area (Å²) < 4.78 is 5.63. The van der Waals surface area contributed by atoms with Crippen molar-refractivity contribution < 1.29 is 14.3 Å². The largest absolute Gasteiger partial charge is 0.491 e. The summed E-state index contributed by atoms with van der Waals surface area (Å²) in [4.78, 5) is 25.2. The predicted octanol–water partition coefficient (Wildman–Crippen LogP) is 5.09. The molecule has 2 amide bonds. The highest BCUT2D eigenvalue weighted by Gasteiger charge is 2.13. The number of thiocarbonyl (C=S) groups is 1. The highest BCUT2D eigenvalue weighted by molar-refractivity contribution is 7.80. The van der Waals surface area contributed by atoms with Gasteiger partial charge in [0.2, 0.25) is 0 Å². The third kappa shape index (κ3) is 7.15. The monoisotopic (exact) mass is 461 g/mol. The summed E-state index contributed by atoms with van der Waals surface area (Å²) in [6, 6.07) is 23.4. The van der Waals surface area contributed by atoms with Crippen molar-refractivity contribution in [1.82, 2.24) is 10.6 Å². The second kappa shape index (κ2) is 11.2. The van der Waals surface area contributed by atoms with E-state index in [-0.39, 0.29) is 29.1 Å². The first-order chi connectivity index (χ1) is 15.8. The molecule has 3 rings (SSSR count). The van der Waals surface area contributed by atoms with Crippen LogP contribution < -0.4 is 20.7 Å². The Labute approximate surface area is 199 Å². The van der Waals surface area contributed by atoms with Gasteiger partial charge in [-0.3, -0.25) is 14.9 Å². The van der Waals surface area contributed by atoms with Gasteiger partial charge in [0, 0.05) is 16.8 Å². The Kier molecular flexibility index (Phi) is 8.16. The number of carbonyl (C=O) groups excluding carboxylic acids is 2. The minimum absolute atomic E-state index is 0.00575. The molecule has 0 radical (unpaired) electrons. The van der Waals surface area contributed by atoms with Gasteiger partial charge in [-0.2, -0.15) is 0 Å². The van der Waals surface area contributed by atoms with Crippen LogP contribution >= 0.6 is 12.2 Å². The smallest absolute Gasteiger partial charge is 0.257 e. The molecule has 6 nitrogen and oxygen atoms in total. The minimum atomic E-state index is -0.354. The van der Waals surface area contributed by atoms with Gasteiger partial charge in [-0.1, -0.05) is 42.5 Å². The molecule has 0 aliphatic carbocycles. The van der Waals surface area contributed by atoms with Crippen LogP contribution in [0.5, 0.6) is 5.75 Å². The number of benzene rings is 3. The Bertz CT molecular complexity index is 1130. The van der Waals surface area contributed by atoms with Crippen molar-refractivity contribution in [2.75, 3.05) is 5.32 Å². The number of rotatable bonds is 7. The lowest BCUT2D eigenvalue weighted by Gasteiger charge is -2.15. The molecular formula is C26H27N3O3S. The molecule has 0 spiro atoms. The number of amides is 2. The van der Waals surface area contributed by atoms with E-state index in [1.807, 2.05) is 51.1 Å². The lowest BCUT2D eigenvalue weighted by Crippen LogP contribution is -2.34. The highest BCUT2D eigenvalue weighted by Crippen LogP contribution is 2.16. The van der Waals surface area contributed by atoms with Gasteiger partial charge in [0.05, 0.1) is 12.1 Å². The lowest BCUT2D eigenvalue weighted by atomic mass is 10.1. The third-order valence-electron chi connectivity index (χ3n) is 4.72. The fourth-order valence-corrected chi connectivity index (χ4v) is 3.37. The first-order valence-corrected chi connectivity index (χ1v) is 11.1. The van der Waals surface area contributed by atoms with Crippen molar-refractivity contribution in [3.63, 3.8) is 0 Å². The second-order valence-electron chi connectivity index (χ2n) is 7.79. The Morgan fingerprint density at radius 2 is 1.48 bits per heavy atom. The van der Waals surface area contributed by atoms with Crippen LogP contribution in [-0.4, -0.2) is 23.0 Å². The van der Waals surface area contributed by atoms with E-state index in [0.717, 1.165) is 5.56 Å². The predicted molar refractivity (Wildman–Crippen MR) is 135 cm³/mol. The maximum Gasteiger partial charge on any atom is 0.257 e. The molecule has 170 valence electrons. The molecule has 3 aromatic carbocycles. The van der Waals surface area contributed by atoms with Crippen LogP contribution in [0.1, 0.15) is 53.1 Å². The fourth-order valence-electron chi connectivity index (χ4n) is 3.16. The van der Waals surface area contributed by atoms with E-state index in [4.69, 9.17) is 17.0 Å². The molecule has 0 aliphatic heterocycles. The summed E-state index contributed by atoms with van der Waals surface area (Å²) in [6.07, 6.45) is 0.00575. The van der Waals surface area contributed by atoms with Crippen LogP contribution in [0.15, 0.2) is 78.9 Å². The molecule has 0 heterocycles. The molecule has 0 aliphatic rings. The number of hydrogen-bond donors (Lipinski definition) is 3. The molecule has 33 heavy (non-hydrogen) atoms. The second-order valence-corrected chi connectivity index (χ2v) is 8.20. The summed E-state index contributed by atoms with van der Waals surface area (Å²) in [5, 5.41) is 8.73. The van der Waals surface area contributed by atoms with Crippen LogP contribution in [0.25, 0.3) is 0 Å². The van der Waals surface area contributed by atoms with E-state index in [1.54, 1.807) is 48.5 Å². The average molecular weight is 462 g/mol. The van der Waals surface area contributed by atoms with E-state index in [1.165, 1.54) is 0 Å². The van der Waals surface area contributed by atoms with E-state index >= 15 is 0 Å². The summed E-state index contributed by atoms with van der Waals surface area (Å²) in [6.45, 7) is 5.77. The summed E-state index contributed by atoms with van der Waals surface area (Å²) in [5.41, 5.74) is 2.53. The van der Waals surface area contributed by atoms with Crippen molar-refractivity contribution in [2.24, 2.45) is 0 Å². The number of carbonyl (C=O) groups is 2. The third-order valence-corrected chi connectivity index (χ3v) is 4.93. The maximum absolute atomic E-state index is 12.7. The molecule has 3 aromatic rings. The van der Waals surface area contributed by atoms with Gasteiger partial charge < -0.3 is 15.4 Å². The van der Waals surface area contributed by atoms with Gasteiger partial charge in [-0.15, -0.1) is 0 Å². The van der Waals surface area contributed by atoms with Crippen molar-refractivity contribution in [1.29, 1.82) is 0 Å². The zero-order valence-electron chi connectivity index (χ0n) is 18.8. The quantitative estimate of drug-likeness (QED) is 0.427. The van der Waals surface area contributed by atoms with Gasteiger partial charge in [-0.25, -0.2) is 0 Å². The van der Waals surface area contributed by atoms with Crippen LogP contribution in [-0.2, 0) is 0 Å². The Morgan fingerprint density at radius 3 is 2.18 bits per heavy atom. The van der Waals surface area contributed by atoms with Gasteiger partial charge >= 0.3 is 0 Å². The number of ether oxygens (including phenoxy) is 1. The SMILES string of the molecule is CC(C)Oc1cccc(C(=O)NC(=S)Nc2cccc(C(=O)NC(C)c3ccccc3)c2)c1. The van der Waals surface area contributed by atoms with Gasteiger partial charge in [0.15, 0.2) is 5.11 Å². The van der Waals surface area contributed by atoms with Crippen molar-refractivity contribution >= 4 is 34.8 Å². The number of nitrogens with one attached hydrogen (secondary N) is 3. The van der Waals surface area contributed by atoms with Gasteiger partial charge in [-0.05, 0) is 75.0 Å². The van der Waals surface area contributed by atoms with E-state index in [9.17, 15) is 9.59 Å². The molecule has 7 heteroatoms. The number of anilines is 1. The molecule has 0 saturated carbocycles. The first kappa shape index (κ1) is 23.9. The topological polar surface area (TPSA) is 79.5 Å². The summed E-state index contributed by atoms with van der Waals surface area (Å²) in [5.74, 6) is 0.0548. The van der Waals surface area contributed by atoms with Crippen LogP contribution in [0, 0.1) is 0 Å². The Morgan fingerprint density at radius 1 is 0.818 bits per heavy atom. The lowest BCUT2D eigenvalue weighted by molar-refractivity contribution is 0.0938. The van der Waals surface area contributed by atoms with Crippen LogP contribution in [0.4, 0.5) is 5.69 Å². The molecule has 1 unspecified atom stereocenters. The minimum Gasteiger partial charge on any atom is -0.491 e. The molecule has 3 N–H and O–H groups in total. The molecule has 0 fully saturated rings. The molecule has 1 atom stereocenters. The molecule has 0 bridgehead atoms. The zero-order valence-corrected chi connectivity index (χ0v) is 19.6. The van der Waals surface area contributed by atoms with Gasteiger partial charge in [0.1, 0.15) is 5.75 Å². The first-order valence-electron chi connectivity index (χ1n) is 10.7. The Hall–Kier alpha value is -3.71. The normalized spacial score (nSPS) is 11.4. The van der Waals surface area contributed by atoms with Crippen molar-refractivity contribution in [3.8, 4) is 5.75 Å². The van der Waals surface area contributed by atoms with Crippen molar-refractivity contribution in [2.45, 2.75) is 32.9 Å².